The van der Waals surface area contributed by atoms with Crippen LogP contribution < -0.4 is 5.32 Å². The molecule has 2 fully saturated rings. The van der Waals surface area contributed by atoms with E-state index in [4.69, 9.17) is 4.74 Å². The molecule has 3 rings (SSSR count). The first-order valence-corrected chi connectivity index (χ1v) is 9.62. The highest BCUT2D eigenvalue weighted by atomic mass is 16.5. The molecule has 0 radical (unpaired) electrons. The fraction of sp³-hybridized carbons (Fsp3) is 0.650. The van der Waals surface area contributed by atoms with Crippen LogP contribution >= 0.6 is 0 Å². The number of rotatable bonds is 6. The van der Waals surface area contributed by atoms with Crippen LogP contribution in [0.3, 0.4) is 0 Å². The number of benzene rings is 1. The van der Waals surface area contributed by atoms with Crippen molar-refractivity contribution in [1.82, 2.24) is 15.1 Å². The molecule has 0 saturated carbocycles. The van der Waals surface area contributed by atoms with Crippen molar-refractivity contribution in [3.05, 3.63) is 35.4 Å². The Morgan fingerprint density at radius 1 is 1.04 bits per heavy atom. The minimum atomic E-state index is -0.0270. The van der Waals surface area contributed by atoms with E-state index in [2.05, 4.69) is 39.4 Å². The summed E-state index contributed by atoms with van der Waals surface area (Å²) in [6.07, 6.45) is 3.71. The molecular formula is C20H31N3O2. The van der Waals surface area contributed by atoms with E-state index >= 15 is 0 Å². The highest BCUT2D eigenvalue weighted by Gasteiger charge is 2.22. The van der Waals surface area contributed by atoms with Crippen LogP contribution in [-0.2, 0) is 22.6 Å². The lowest BCUT2D eigenvalue weighted by molar-refractivity contribution is -0.126. The molecule has 0 aromatic heterocycles. The lowest BCUT2D eigenvalue weighted by Gasteiger charge is -2.31. The molecule has 2 aliphatic rings. The third kappa shape index (κ3) is 5.53. The Hall–Kier alpha value is -1.43. The van der Waals surface area contributed by atoms with Crippen molar-refractivity contribution in [3.63, 3.8) is 0 Å². The largest absolute Gasteiger partial charge is 0.379 e. The maximum absolute atomic E-state index is 12.4. The average molecular weight is 345 g/mol. The zero-order valence-corrected chi connectivity index (χ0v) is 15.4. The Morgan fingerprint density at radius 2 is 1.68 bits per heavy atom. The molecule has 25 heavy (non-hydrogen) atoms. The monoisotopic (exact) mass is 345 g/mol. The van der Waals surface area contributed by atoms with Gasteiger partial charge in [0.05, 0.1) is 19.3 Å². The lowest BCUT2D eigenvalue weighted by Crippen LogP contribution is -2.46. The number of morpholine rings is 1. The molecule has 5 nitrogen and oxygen atoms in total. The zero-order chi connectivity index (χ0) is 17.5. The maximum atomic E-state index is 12.4. The summed E-state index contributed by atoms with van der Waals surface area (Å²) in [7, 11) is 0. The standard InChI is InChI=1S/C20H31N3O2/c1-17(23-9-3-2-4-10-23)20(24)21-15-18-5-7-19(8-6-18)16-22-11-13-25-14-12-22/h5-8,17H,2-4,9-16H2,1H3,(H,21,24). The van der Waals surface area contributed by atoms with Crippen LogP contribution in [0.5, 0.6) is 0 Å². The topological polar surface area (TPSA) is 44.8 Å². The molecule has 1 aromatic rings. The number of carbonyl (C=O) groups is 1. The van der Waals surface area contributed by atoms with Crippen molar-refractivity contribution < 1.29 is 9.53 Å². The van der Waals surface area contributed by atoms with Gasteiger partial charge < -0.3 is 10.1 Å². The molecule has 0 spiro atoms. The minimum absolute atomic E-state index is 0.0270. The van der Waals surface area contributed by atoms with Gasteiger partial charge in [0, 0.05) is 26.2 Å². The third-order valence-corrected chi connectivity index (χ3v) is 5.32. The van der Waals surface area contributed by atoms with Gasteiger partial charge in [0.25, 0.3) is 0 Å². The Kier molecular flexibility index (Phi) is 6.84. The smallest absolute Gasteiger partial charge is 0.237 e. The highest BCUT2D eigenvalue weighted by Crippen LogP contribution is 2.13. The van der Waals surface area contributed by atoms with Crippen molar-refractivity contribution in [2.45, 2.75) is 45.3 Å². The van der Waals surface area contributed by atoms with Crippen molar-refractivity contribution in [3.8, 4) is 0 Å². The van der Waals surface area contributed by atoms with Gasteiger partial charge in [-0.3, -0.25) is 14.6 Å². The number of hydrogen-bond donors (Lipinski definition) is 1. The van der Waals surface area contributed by atoms with E-state index in [1.807, 2.05) is 6.92 Å². The molecule has 138 valence electrons. The molecule has 1 N–H and O–H groups in total. The second kappa shape index (κ2) is 9.32. The minimum Gasteiger partial charge on any atom is -0.379 e. The molecular weight excluding hydrogens is 314 g/mol. The first kappa shape index (κ1) is 18.4. The average Bonchev–Trinajstić information content (AvgIpc) is 2.68. The van der Waals surface area contributed by atoms with E-state index in [0.717, 1.165) is 51.5 Å². The number of carbonyl (C=O) groups excluding carboxylic acids is 1. The molecule has 1 amide bonds. The number of likely N-dealkylation sites (tertiary alicyclic amines) is 1. The van der Waals surface area contributed by atoms with E-state index in [1.165, 1.54) is 24.8 Å². The summed E-state index contributed by atoms with van der Waals surface area (Å²) in [6.45, 7) is 9.37. The van der Waals surface area contributed by atoms with Crippen molar-refractivity contribution in [2.24, 2.45) is 0 Å². The number of ether oxygens (including phenoxy) is 1. The molecule has 1 atom stereocenters. The molecule has 2 saturated heterocycles. The van der Waals surface area contributed by atoms with Crippen LogP contribution in [0.1, 0.15) is 37.3 Å². The summed E-state index contributed by atoms with van der Waals surface area (Å²) in [5.74, 6) is 0.138. The van der Waals surface area contributed by atoms with Crippen LogP contribution in [0.2, 0.25) is 0 Å². The quantitative estimate of drug-likeness (QED) is 0.857. The normalized spacial score (nSPS) is 21.0. The van der Waals surface area contributed by atoms with E-state index < -0.39 is 0 Å². The van der Waals surface area contributed by atoms with Gasteiger partial charge in [-0.2, -0.15) is 0 Å². The summed E-state index contributed by atoms with van der Waals surface area (Å²) in [5, 5.41) is 3.09. The van der Waals surface area contributed by atoms with Gasteiger partial charge in [-0.1, -0.05) is 30.7 Å². The second-order valence-corrected chi connectivity index (χ2v) is 7.20. The van der Waals surface area contributed by atoms with Crippen LogP contribution in [0.15, 0.2) is 24.3 Å². The number of amides is 1. The summed E-state index contributed by atoms with van der Waals surface area (Å²) in [4.78, 5) is 17.1. The summed E-state index contributed by atoms with van der Waals surface area (Å²) in [5.41, 5.74) is 2.48. The van der Waals surface area contributed by atoms with E-state index in [-0.39, 0.29) is 11.9 Å². The summed E-state index contributed by atoms with van der Waals surface area (Å²) >= 11 is 0. The number of nitrogens with one attached hydrogen (secondary N) is 1. The number of piperidine rings is 1. The first-order valence-electron chi connectivity index (χ1n) is 9.62. The maximum Gasteiger partial charge on any atom is 0.237 e. The van der Waals surface area contributed by atoms with Gasteiger partial charge in [0.15, 0.2) is 0 Å². The van der Waals surface area contributed by atoms with Gasteiger partial charge in [0.1, 0.15) is 0 Å². The van der Waals surface area contributed by atoms with Crippen LogP contribution in [-0.4, -0.2) is 61.1 Å². The first-order chi connectivity index (χ1) is 12.2. The Morgan fingerprint density at radius 3 is 2.36 bits per heavy atom. The van der Waals surface area contributed by atoms with E-state index in [9.17, 15) is 4.79 Å². The SMILES string of the molecule is CC(C(=O)NCc1ccc(CN2CCOCC2)cc1)N1CCCCC1. The fourth-order valence-corrected chi connectivity index (χ4v) is 3.59. The highest BCUT2D eigenvalue weighted by molar-refractivity contribution is 5.81. The second-order valence-electron chi connectivity index (χ2n) is 7.20. The predicted molar refractivity (Wildman–Crippen MR) is 99.3 cm³/mol. The predicted octanol–water partition coefficient (Wildman–Crippen LogP) is 2.01. The third-order valence-electron chi connectivity index (χ3n) is 5.32. The Bertz CT molecular complexity index is 534. The van der Waals surface area contributed by atoms with Crippen LogP contribution in [0, 0.1) is 0 Å². The number of nitrogens with zero attached hydrogens (tertiary/aromatic N) is 2. The van der Waals surface area contributed by atoms with Gasteiger partial charge in [-0.05, 0) is 44.0 Å². The zero-order valence-electron chi connectivity index (χ0n) is 15.4. The van der Waals surface area contributed by atoms with Crippen molar-refractivity contribution in [1.29, 1.82) is 0 Å². The van der Waals surface area contributed by atoms with E-state index in [1.54, 1.807) is 0 Å². The summed E-state index contributed by atoms with van der Waals surface area (Å²) in [6, 6.07) is 8.57. The summed E-state index contributed by atoms with van der Waals surface area (Å²) < 4.78 is 5.39. The van der Waals surface area contributed by atoms with E-state index in [0.29, 0.717) is 6.54 Å². The van der Waals surface area contributed by atoms with Crippen molar-refractivity contribution in [2.75, 3.05) is 39.4 Å². The molecule has 0 bridgehead atoms. The van der Waals surface area contributed by atoms with Gasteiger partial charge >= 0.3 is 0 Å². The van der Waals surface area contributed by atoms with Gasteiger partial charge in [-0.25, -0.2) is 0 Å². The van der Waals surface area contributed by atoms with Gasteiger partial charge in [-0.15, -0.1) is 0 Å². The molecule has 5 heteroatoms. The fourth-order valence-electron chi connectivity index (χ4n) is 3.59. The van der Waals surface area contributed by atoms with Gasteiger partial charge in [0.2, 0.25) is 5.91 Å². The molecule has 1 aromatic carbocycles. The Balaban J connectivity index is 1.43. The molecule has 2 aliphatic heterocycles. The Labute approximate surface area is 151 Å². The molecule has 1 unspecified atom stereocenters. The van der Waals surface area contributed by atoms with Crippen LogP contribution in [0.4, 0.5) is 0 Å². The van der Waals surface area contributed by atoms with Crippen LogP contribution in [0.25, 0.3) is 0 Å². The van der Waals surface area contributed by atoms with Crippen molar-refractivity contribution >= 4 is 5.91 Å². The molecule has 2 heterocycles. The molecule has 0 aliphatic carbocycles. The lowest BCUT2D eigenvalue weighted by atomic mass is 10.1. The number of hydrogen-bond acceptors (Lipinski definition) is 4.